The molecular formula is C19H20N4O2. The van der Waals surface area contributed by atoms with Gasteiger partial charge in [0.1, 0.15) is 6.54 Å². The van der Waals surface area contributed by atoms with Gasteiger partial charge in [-0.2, -0.15) is 0 Å². The van der Waals surface area contributed by atoms with Crippen LogP contribution in [0, 0.1) is 12.8 Å². The van der Waals surface area contributed by atoms with Gasteiger partial charge in [0.25, 0.3) is 0 Å². The van der Waals surface area contributed by atoms with Crippen LogP contribution in [0.25, 0.3) is 5.65 Å². The molecule has 1 saturated carbocycles. The first-order valence-electron chi connectivity index (χ1n) is 8.52. The molecular weight excluding hydrogens is 316 g/mol. The molecule has 1 unspecified atom stereocenters. The molecule has 6 heteroatoms. The molecule has 4 rings (SSSR count). The van der Waals surface area contributed by atoms with E-state index < -0.39 is 0 Å². The zero-order chi connectivity index (χ0) is 17.4. The molecule has 0 aliphatic heterocycles. The van der Waals surface area contributed by atoms with Crippen molar-refractivity contribution in [2.45, 2.75) is 32.4 Å². The molecule has 1 aromatic carbocycles. The number of aryl methyl sites for hydroxylation is 1. The van der Waals surface area contributed by atoms with Crippen molar-refractivity contribution in [2.24, 2.45) is 5.92 Å². The van der Waals surface area contributed by atoms with Crippen LogP contribution < -0.4 is 11.0 Å². The monoisotopic (exact) mass is 336 g/mol. The van der Waals surface area contributed by atoms with Crippen molar-refractivity contribution in [1.29, 1.82) is 0 Å². The number of hydrogen-bond donors (Lipinski definition) is 1. The zero-order valence-corrected chi connectivity index (χ0v) is 14.1. The molecule has 128 valence electrons. The van der Waals surface area contributed by atoms with Crippen LogP contribution in [0.5, 0.6) is 0 Å². The highest BCUT2D eigenvalue weighted by Gasteiger charge is 2.33. The smallest absolute Gasteiger partial charge is 0.347 e. The van der Waals surface area contributed by atoms with Gasteiger partial charge in [-0.3, -0.25) is 9.20 Å². The molecule has 6 nitrogen and oxygen atoms in total. The van der Waals surface area contributed by atoms with Crippen molar-refractivity contribution < 1.29 is 4.79 Å². The molecule has 0 bridgehead atoms. The van der Waals surface area contributed by atoms with Gasteiger partial charge in [-0.25, -0.2) is 9.48 Å². The van der Waals surface area contributed by atoms with Crippen molar-refractivity contribution in [3.05, 3.63) is 70.3 Å². The van der Waals surface area contributed by atoms with Crippen LogP contribution in [-0.4, -0.2) is 20.1 Å². The molecule has 1 N–H and O–H groups in total. The Kier molecular flexibility index (Phi) is 3.87. The summed E-state index contributed by atoms with van der Waals surface area (Å²) in [6.07, 6.45) is 3.89. The van der Waals surface area contributed by atoms with Gasteiger partial charge in [-0.05, 0) is 43.4 Å². The Balaban J connectivity index is 1.52. The summed E-state index contributed by atoms with van der Waals surface area (Å²) in [4.78, 5) is 24.8. The van der Waals surface area contributed by atoms with Gasteiger partial charge in [0, 0.05) is 6.20 Å². The number of carbonyl (C=O) groups excluding carboxylic acids is 1. The maximum Gasteiger partial charge on any atom is 0.350 e. The minimum Gasteiger partial charge on any atom is -0.347 e. The number of carbonyl (C=O) groups is 1. The lowest BCUT2D eigenvalue weighted by molar-refractivity contribution is -0.122. The highest BCUT2D eigenvalue weighted by Crippen LogP contribution is 2.41. The summed E-state index contributed by atoms with van der Waals surface area (Å²) in [6, 6.07) is 13.6. The maximum atomic E-state index is 12.5. The number of nitrogens with one attached hydrogen (secondary N) is 1. The van der Waals surface area contributed by atoms with Crippen molar-refractivity contribution in [1.82, 2.24) is 19.5 Å². The lowest BCUT2D eigenvalue weighted by Crippen LogP contribution is -2.35. The van der Waals surface area contributed by atoms with Crippen LogP contribution >= 0.6 is 0 Å². The summed E-state index contributed by atoms with van der Waals surface area (Å²) >= 11 is 0. The predicted octanol–water partition coefficient (Wildman–Crippen LogP) is 2.07. The average molecular weight is 336 g/mol. The molecule has 0 saturated heterocycles. The van der Waals surface area contributed by atoms with Gasteiger partial charge < -0.3 is 5.32 Å². The van der Waals surface area contributed by atoms with Gasteiger partial charge in [-0.1, -0.05) is 35.9 Å². The number of fused-ring (bicyclic) bond motifs is 1. The molecule has 3 aromatic rings. The Labute approximate surface area is 145 Å². The van der Waals surface area contributed by atoms with Crippen molar-refractivity contribution >= 4 is 11.6 Å². The van der Waals surface area contributed by atoms with E-state index in [2.05, 4.69) is 34.7 Å². The summed E-state index contributed by atoms with van der Waals surface area (Å²) in [7, 11) is 0. The van der Waals surface area contributed by atoms with Crippen molar-refractivity contribution in [3.8, 4) is 0 Å². The van der Waals surface area contributed by atoms with Crippen LogP contribution in [0.15, 0.2) is 53.5 Å². The Morgan fingerprint density at radius 2 is 2.00 bits per heavy atom. The number of aromatic nitrogens is 3. The van der Waals surface area contributed by atoms with Crippen LogP contribution in [0.4, 0.5) is 0 Å². The molecule has 25 heavy (non-hydrogen) atoms. The second-order valence-electron chi connectivity index (χ2n) is 6.66. The highest BCUT2D eigenvalue weighted by atomic mass is 16.2. The standard InChI is InChI=1S/C19H20N4O2/c1-13-5-7-14(8-6-13)18(15-9-10-15)20-17(24)12-23-19(25)22-11-3-2-4-16(22)21-23/h2-8,11,15,18H,9-10,12H2,1H3,(H,20,24). The quantitative estimate of drug-likeness (QED) is 0.775. The lowest BCUT2D eigenvalue weighted by Gasteiger charge is -2.19. The van der Waals surface area contributed by atoms with E-state index in [1.54, 1.807) is 18.3 Å². The molecule has 2 heterocycles. The van der Waals surface area contributed by atoms with Crippen LogP contribution in [0.1, 0.15) is 30.0 Å². The van der Waals surface area contributed by atoms with Gasteiger partial charge in [0.05, 0.1) is 6.04 Å². The van der Waals surface area contributed by atoms with E-state index in [0.717, 1.165) is 18.4 Å². The number of hydrogen-bond acceptors (Lipinski definition) is 3. The largest absolute Gasteiger partial charge is 0.350 e. The fraction of sp³-hybridized carbons (Fsp3) is 0.316. The van der Waals surface area contributed by atoms with Gasteiger partial charge in [0.15, 0.2) is 5.65 Å². The van der Waals surface area contributed by atoms with Crippen molar-refractivity contribution in [2.75, 3.05) is 0 Å². The van der Waals surface area contributed by atoms with E-state index in [1.807, 2.05) is 13.0 Å². The third kappa shape index (κ3) is 3.20. The molecule has 1 aliphatic rings. The summed E-state index contributed by atoms with van der Waals surface area (Å²) in [5.41, 5.74) is 2.55. The minimum atomic E-state index is -0.302. The molecule has 0 radical (unpaired) electrons. The maximum absolute atomic E-state index is 12.5. The molecule has 1 atom stereocenters. The minimum absolute atomic E-state index is 0.000772. The van der Waals surface area contributed by atoms with Crippen LogP contribution in [0.2, 0.25) is 0 Å². The third-order valence-corrected chi connectivity index (χ3v) is 4.63. The first-order chi connectivity index (χ1) is 12.1. The molecule has 1 fully saturated rings. The number of rotatable bonds is 5. The summed E-state index contributed by atoms with van der Waals surface area (Å²) in [5.74, 6) is 0.285. The summed E-state index contributed by atoms with van der Waals surface area (Å²) < 4.78 is 2.65. The Bertz CT molecular complexity index is 967. The van der Waals surface area contributed by atoms with Gasteiger partial charge in [0.2, 0.25) is 5.91 Å². The molecule has 1 amide bonds. The second-order valence-corrected chi connectivity index (χ2v) is 6.66. The second kappa shape index (κ2) is 6.20. The van der Waals surface area contributed by atoms with Gasteiger partial charge in [-0.15, -0.1) is 5.10 Å². The molecule has 1 aliphatic carbocycles. The molecule has 0 spiro atoms. The number of nitrogens with zero attached hydrogens (tertiary/aromatic N) is 3. The van der Waals surface area contributed by atoms with Crippen LogP contribution in [0.3, 0.4) is 0 Å². The van der Waals surface area contributed by atoms with E-state index in [9.17, 15) is 9.59 Å². The van der Waals surface area contributed by atoms with E-state index in [0.29, 0.717) is 11.6 Å². The lowest BCUT2D eigenvalue weighted by atomic mass is 10.0. The first-order valence-corrected chi connectivity index (χ1v) is 8.52. The third-order valence-electron chi connectivity index (χ3n) is 4.63. The SMILES string of the molecule is Cc1ccc(C(NC(=O)Cn2nc3ccccn3c2=O)C2CC2)cc1. The Hall–Kier alpha value is -2.89. The molecule has 2 aromatic heterocycles. The van der Waals surface area contributed by atoms with Crippen molar-refractivity contribution in [3.63, 3.8) is 0 Å². The zero-order valence-electron chi connectivity index (χ0n) is 14.1. The summed E-state index contributed by atoms with van der Waals surface area (Å²) in [5, 5.41) is 7.30. The normalized spacial score (nSPS) is 15.2. The first kappa shape index (κ1) is 15.6. The number of benzene rings is 1. The van der Waals surface area contributed by atoms with E-state index >= 15 is 0 Å². The van der Waals surface area contributed by atoms with Crippen LogP contribution in [-0.2, 0) is 11.3 Å². The van der Waals surface area contributed by atoms with E-state index in [4.69, 9.17) is 0 Å². The topological polar surface area (TPSA) is 68.4 Å². The number of pyridine rings is 1. The van der Waals surface area contributed by atoms with E-state index in [-0.39, 0.29) is 24.2 Å². The average Bonchev–Trinajstić information content (AvgIpc) is 3.40. The fourth-order valence-corrected chi connectivity index (χ4v) is 3.10. The Morgan fingerprint density at radius 1 is 1.24 bits per heavy atom. The fourth-order valence-electron chi connectivity index (χ4n) is 3.10. The van der Waals surface area contributed by atoms with Gasteiger partial charge >= 0.3 is 5.69 Å². The Morgan fingerprint density at radius 3 is 2.68 bits per heavy atom. The van der Waals surface area contributed by atoms with E-state index in [1.165, 1.54) is 14.6 Å². The number of amides is 1. The predicted molar refractivity (Wildman–Crippen MR) is 94.2 cm³/mol. The summed E-state index contributed by atoms with van der Waals surface area (Å²) in [6.45, 7) is 1.97. The highest BCUT2D eigenvalue weighted by molar-refractivity contribution is 5.76.